The van der Waals surface area contributed by atoms with E-state index in [0.717, 1.165) is 24.3 Å². The number of nitrogens with one attached hydrogen (secondary N) is 2. The smallest absolute Gasteiger partial charge is 0.254 e. The number of carbonyl (C=O) groups excluding carboxylic acids is 1. The molecule has 0 spiro atoms. The van der Waals surface area contributed by atoms with Crippen LogP contribution in [0.15, 0.2) is 67.0 Å². The third-order valence-electron chi connectivity index (χ3n) is 5.05. The minimum absolute atomic E-state index is 0.189. The van der Waals surface area contributed by atoms with Gasteiger partial charge in [-0.05, 0) is 49.1 Å². The Bertz CT molecular complexity index is 920. The van der Waals surface area contributed by atoms with Crippen molar-refractivity contribution >= 4 is 23.2 Å². The Morgan fingerprint density at radius 3 is 2.28 bits per heavy atom. The minimum Gasteiger partial charge on any atom is -0.372 e. The lowest BCUT2D eigenvalue weighted by atomic mass is 10.1. The highest BCUT2D eigenvalue weighted by Crippen LogP contribution is 2.22. The van der Waals surface area contributed by atoms with Gasteiger partial charge in [0.05, 0.1) is 5.56 Å². The summed E-state index contributed by atoms with van der Waals surface area (Å²) in [5.41, 5.74) is 3.66. The molecular formula is C23H25N5O. The quantitative estimate of drug-likeness (QED) is 0.665. The van der Waals surface area contributed by atoms with Crippen molar-refractivity contribution in [3.63, 3.8) is 0 Å². The second-order valence-corrected chi connectivity index (χ2v) is 7.18. The van der Waals surface area contributed by atoms with Crippen molar-refractivity contribution in [3.8, 4) is 0 Å². The molecule has 1 aliphatic rings. The van der Waals surface area contributed by atoms with Gasteiger partial charge in [-0.3, -0.25) is 4.79 Å². The zero-order valence-electron chi connectivity index (χ0n) is 16.3. The Morgan fingerprint density at radius 1 is 0.897 bits per heavy atom. The van der Waals surface area contributed by atoms with Gasteiger partial charge in [-0.2, -0.15) is 0 Å². The number of hydrogen-bond donors (Lipinski definition) is 2. The van der Waals surface area contributed by atoms with Crippen LogP contribution in [0.2, 0.25) is 0 Å². The molecule has 2 N–H and O–H groups in total. The first-order chi connectivity index (χ1) is 14.3. The summed E-state index contributed by atoms with van der Waals surface area (Å²) in [6.45, 7) is 2.73. The molecule has 1 saturated heterocycles. The monoisotopic (exact) mass is 387 g/mol. The summed E-state index contributed by atoms with van der Waals surface area (Å²) in [6, 6.07) is 18.1. The van der Waals surface area contributed by atoms with E-state index in [2.05, 4.69) is 37.6 Å². The number of piperidine rings is 1. The molecule has 0 radical (unpaired) electrons. The van der Waals surface area contributed by atoms with Crippen LogP contribution >= 0.6 is 0 Å². The molecule has 1 amide bonds. The van der Waals surface area contributed by atoms with Gasteiger partial charge in [0.15, 0.2) is 0 Å². The topological polar surface area (TPSA) is 70.2 Å². The maximum atomic E-state index is 12.3. The first-order valence-electron chi connectivity index (χ1n) is 10.0. The maximum absolute atomic E-state index is 12.3. The average Bonchev–Trinajstić information content (AvgIpc) is 2.80. The number of anilines is 3. The molecule has 0 aliphatic carbocycles. The summed E-state index contributed by atoms with van der Waals surface area (Å²) >= 11 is 0. The molecule has 0 atom stereocenters. The molecule has 1 aliphatic heterocycles. The van der Waals surface area contributed by atoms with Gasteiger partial charge in [-0.25, -0.2) is 9.97 Å². The van der Waals surface area contributed by atoms with Crippen molar-refractivity contribution in [2.75, 3.05) is 23.3 Å². The Balaban J connectivity index is 1.32. The minimum atomic E-state index is -0.189. The third kappa shape index (κ3) is 5.10. The molecule has 1 fully saturated rings. The summed E-state index contributed by atoms with van der Waals surface area (Å²) < 4.78 is 0. The van der Waals surface area contributed by atoms with Crippen LogP contribution in [0, 0.1) is 0 Å². The molecule has 6 heteroatoms. The Morgan fingerprint density at radius 2 is 1.59 bits per heavy atom. The molecule has 148 valence electrons. The van der Waals surface area contributed by atoms with Gasteiger partial charge in [-0.1, -0.05) is 30.3 Å². The van der Waals surface area contributed by atoms with Crippen LogP contribution in [0.25, 0.3) is 0 Å². The zero-order chi connectivity index (χ0) is 19.9. The van der Waals surface area contributed by atoms with Crippen LogP contribution in [-0.4, -0.2) is 29.0 Å². The summed E-state index contributed by atoms with van der Waals surface area (Å²) in [6.07, 6.45) is 6.93. The number of amides is 1. The molecule has 4 rings (SSSR count). The molecule has 6 nitrogen and oxygen atoms in total. The third-order valence-corrected chi connectivity index (χ3v) is 5.05. The lowest BCUT2D eigenvalue weighted by Gasteiger charge is -2.28. The number of benzene rings is 2. The molecule has 29 heavy (non-hydrogen) atoms. The van der Waals surface area contributed by atoms with E-state index in [-0.39, 0.29) is 5.91 Å². The molecule has 0 unspecified atom stereocenters. The second kappa shape index (κ2) is 9.19. The van der Waals surface area contributed by atoms with Crippen LogP contribution in [0.5, 0.6) is 0 Å². The van der Waals surface area contributed by atoms with Gasteiger partial charge in [0.25, 0.3) is 5.91 Å². The Hall–Kier alpha value is -3.41. The van der Waals surface area contributed by atoms with Gasteiger partial charge in [0, 0.05) is 43.4 Å². The van der Waals surface area contributed by atoms with E-state index in [1.807, 2.05) is 42.5 Å². The first-order valence-corrected chi connectivity index (χ1v) is 10.0. The van der Waals surface area contributed by atoms with E-state index in [1.165, 1.54) is 37.3 Å². The SMILES string of the molecule is O=C(NCc1ccccc1)c1cnc(Nc2ccc(N3CCCCC3)cc2)nc1. The van der Waals surface area contributed by atoms with E-state index in [9.17, 15) is 4.79 Å². The standard InChI is InChI=1S/C23H25N5O/c29-22(24-15-18-7-3-1-4-8-18)19-16-25-23(26-17-19)27-20-9-11-21(12-10-20)28-13-5-2-6-14-28/h1,3-4,7-12,16-17H,2,5-6,13-15H2,(H,24,29)(H,25,26,27). The molecular weight excluding hydrogens is 362 g/mol. The van der Waals surface area contributed by atoms with Crippen LogP contribution in [0.4, 0.5) is 17.3 Å². The van der Waals surface area contributed by atoms with Crippen molar-refractivity contribution in [2.24, 2.45) is 0 Å². The highest BCUT2D eigenvalue weighted by molar-refractivity contribution is 5.93. The number of hydrogen-bond acceptors (Lipinski definition) is 5. The maximum Gasteiger partial charge on any atom is 0.254 e. The van der Waals surface area contributed by atoms with Crippen LogP contribution in [0.1, 0.15) is 35.2 Å². The second-order valence-electron chi connectivity index (χ2n) is 7.18. The lowest BCUT2D eigenvalue weighted by Crippen LogP contribution is -2.29. The molecule has 2 heterocycles. The van der Waals surface area contributed by atoms with Gasteiger partial charge >= 0.3 is 0 Å². The van der Waals surface area contributed by atoms with Crippen molar-refractivity contribution in [1.82, 2.24) is 15.3 Å². The number of rotatable bonds is 6. The summed E-state index contributed by atoms with van der Waals surface area (Å²) in [5, 5.41) is 6.06. The van der Waals surface area contributed by atoms with E-state index in [4.69, 9.17) is 0 Å². The Labute approximate surface area is 171 Å². The van der Waals surface area contributed by atoms with Gasteiger partial charge in [0.2, 0.25) is 5.95 Å². The summed E-state index contributed by atoms with van der Waals surface area (Å²) in [4.78, 5) is 23.2. The molecule has 2 aromatic carbocycles. The van der Waals surface area contributed by atoms with E-state index in [0.29, 0.717) is 18.1 Å². The van der Waals surface area contributed by atoms with Gasteiger partial charge < -0.3 is 15.5 Å². The highest BCUT2D eigenvalue weighted by Gasteiger charge is 2.11. The predicted molar refractivity (Wildman–Crippen MR) is 115 cm³/mol. The fourth-order valence-electron chi connectivity index (χ4n) is 3.43. The number of nitrogens with zero attached hydrogens (tertiary/aromatic N) is 3. The van der Waals surface area contributed by atoms with Crippen molar-refractivity contribution in [3.05, 3.63) is 78.1 Å². The fraction of sp³-hybridized carbons (Fsp3) is 0.261. The van der Waals surface area contributed by atoms with Crippen LogP contribution in [-0.2, 0) is 6.54 Å². The van der Waals surface area contributed by atoms with Crippen molar-refractivity contribution < 1.29 is 4.79 Å². The Kier molecular flexibility index (Phi) is 6.00. The summed E-state index contributed by atoms with van der Waals surface area (Å²) in [5.74, 6) is 0.279. The highest BCUT2D eigenvalue weighted by atomic mass is 16.1. The van der Waals surface area contributed by atoms with Crippen molar-refractivity contribution in [2.45, 2.75) is 25.8 Å². The number of carbonyl (C=O) groups is 1. The average molecular weight is 387 g/mol. The first kappa shape index (κ1) is 18.9. The lowest BCUT2D eigenvalue weighted by molar-refractivity contribution is 0.0950. The molecule has 1 aromatic heterocycles. The van der Waals surface area contributed by atoms with E-state index < -0.39 is 0 Å². The largest absolute Gasteiger partial charge is 0.372 e. The summed E-state index contributed by atoms with van der Waals surface area (Å²) in [7, 11) is 0. The van der Waals surface area contributed by atoms with Crippen molar-refractivity contribution in [1.29, 1.82) is 0 Å². The van der Waals surface area contributed by atoms with E-state index in [1.54, 1.807) is 0 Å². The fourth-order valence-corrected chi connectivity index (χ4v) is 3.43. The molecule has 0 saturated carbocycles. The normalized spacial score (nSPS) is 13.7. The van der Waals surface area contributed by atoms with Gasteiger partial charge in [0.1, 0.15) is 0 Å². The van der Waals surface area contributed by atoms with Crippen LogP contribution < -0.4 is 15.5 Å². The number of aromatic nitrogens is 2. The molecule has 0 bridgehead atoms. The molecule has 3 aromatic rings. The zero-order valence-corrected chi connectivity index (χ0v) is 16.3. The van der Waals surface area contributed by atoms with Crippen LogP contribution in [0.3, 0.4) is 0 Å². The predicted octanol–water partition coefficient (Wildman–Crippen LogP) is 4.14. The van der Waals surface area contributed by atoms with Gasteiger partial charge in [-0.15, -0.1) is 0 Å². The van der Waals surface area contributed by atoms with E-state index >= 15 is 0 Å².